The lowest BCUT2D eigenvalue weighted by Gasteiger charge is -2.35. The summed E-state index contributed by atoms with van der Waals surface area (Å²) in [4.78, 5) is 15.1. The van der Waals surface area contributed by atoms with E-state index < -0.39 is 0 Å². The summed E-state index contributed by atoms with van der Waals surface area (Å²) in [5.41, 5.74) is 2.97. The van der Waals surface area contributed by atoms with Crippen LogP contribution in [0.15, 0.2) is 48.5 Å². The summed E-state index contributed by atoms with van der Waals surface area (Å²) in [6.45, 7) is 4.74. The van der Waals surface area contributed by atoms with Crippen molar-refractivity contribution in [1.29, 1.82) is 0 Å². The van der Waals surface area contributed by atoms with Gasteiger partial charge >= 0.3 is 0 Å². The number of nitrogens with zero attached hydrogens (tertiary/aromatic N) is 1. The molecule has 4 heteroatoms. The Morgan fingerprint density at radius 3 is 2.42 bits per heavy atom. The van der Waals surface area contributed by atoms with Crippen molar-refractivity contribution in [1.82, 2.24) is 10.2 Å². The van der Waals surface area contributed by atoms with Crippen molar-refractivity contribution in [2.45, 2.75) is 32.2 Å². The highest BCUT2D eigenvalue weighted by Gasteiger charge is 2.23. The fraction of sp³-hybridized carbons (Fsp3) is 0.409. The van der Waals surface area contributed by atoms with Crippen molar-refractivity contribution in [3.63, 3.8) is 0 Å². The molecule has 1 aliphatic rings. The molecule has 1 atom stereocenters. The molecule has 0 aromatic heterocycles. The van der Waals surface area contributed by atoms with Crippen molar-refractivity contribution in [2.75, 3.05) is 26.7 Å². The first kappa shape index (κ1) is 18.5. The van der Waals surface area contributed by atoms with Gasteiger partial charge in [-0.05, 0) is 62.2 Å². The van der Waals surface area contributed by atoms with E-state index >= 15 is 0 Å². The lowest BCUT2D eigenvalue weighted by Crippen LogP contribution is -2.40. The van der Waals surface area contributed by atoms with E-state index in [2.05, 4.69) is 22.3 Å². The largest absolute Gasteiger partial charge is 0.497 e. The normalized spacial score (nSPS) is 16.1. The number of aryl methyl sites for hydroxylation is 1. The summed E-state index contributed by atoms with van der Waals surface area (Å²) in [5.74, 6) is 0.855. The highest BCUT2D eigenvalue weighted by molar-refractivity contribution is 5.95. The van der Waals surface area contributed by atoms with Crippen LogP contribution in [0.3, 0.4) is 0 Å². The molecular formula is C22H28N2O2. The molecule has 1 heterocycles. The maximum atomic E-state index is 12.6. The molecule has 1 fully saturated rings. The Morgan fingerprint density at radius 2 is 1.77 bits per heavy atom. The van der Waals surface area contributed by atoms with E-state index in [4.69, 9.17) is 4.74 Å². The third-order valence-corrected chi connectivity index (χ3v) is 5.18. The molecule has 0 aliphatic carbocycles. The Kier molecular flexibility index (Phi) is 6.29. The topological polar surface area (TPSA) is 41.6 Å². The van der Waals surface area contributed by atoms with Crippen molar-refractivity contribution >= 4 is 5.91 Å². The number of ether oxygens (including phenoxy) is 1. The van der Waals surface area contributed by atoms with Crippen LogP contribution in [0.25, 0.3) is 0 Å². The number of carbonyl (C=O) groups is 1. The Morgan fingerprint density at radius 1 is 1.08 bits per heavy atom. The van der Waals surface area contributed by atoms with Gasteiger partial charge in [0.1, 0.15) is 5.75 Å². The van der Waals surface area contributed by atoms with E-state index in [1.807, 2.05) is 43.3 Å². The summed E-state index contributed by atoms with van der Waals surface area (Å²) in [6, 6.07) is 16.1. The van der Waals surface area contributed by atoms with Crippen molar-refractivity contribution in [2.24, 2.45) is 0 Å². The molecule has 1 amide bonds. The van der Waals surface area contributed by atoms with E-state index in [0.717, 1.165) is 30.0 Å². The zero-order valence-electron chi connectivity index (χ0n) is 15.7. The Labute approximate surface area is 156 Å². The van der Waals surface area contributed by atoms with Gasteiger partial charge in [0.2, 0.25) is 0 Å². The van der Waals surface area contributed by atoms with Crippen molar-refractivity contribution < 1.29 is 9.53 Å². The number of rotatable bonds is 6. The number of piperidine rings is 1. The molecule has 3 rings (SSSR count). The highest BCUT2D eigenvalue weighted by atomic mass is 16.5. The number of nitrogens with one attached hydrogen (secondary N) is 1. The molecule has 0 radical (unpaired) electrons. The SMILES string of the molecule is COc1ccc([C@H](CNC(=O)c2ccccc2C)N2CCCCC2)cc1. The number of hydrogen-bond acceptors (Lipinski definition) is 3. The molecule has 138 valence electrons. The quantitative estimate of drug-likeness (QED) is 0.855. The molecule has 1 aliphatic heterocycles. The van der Waals surface area contributed by atoms with E-state index in [1.165, 1.54) is 24.8 Å². The first-order chi connectivity index (χ1) is 12.7. The summed E-state index contributed by atoms with van der Waals surface area (Å²) >= 11 is 0. The summed E-state index contributed by atoms with van der Waals surface area (Å²) in [7, 11) is 1.68. The van der Waals surface area contributed by atoms with Gasteiger partial charge in [0.25, 0.3) is 5.91 Å². The molecule has 0 bridgehead atoms. The zero-order chi connectivity index (χ0) is 18.4. The van der Waals surface area contributed by atoms with E-state index in [0.29, 0.717) is 6.54 Å². The van der Waals surface area contributed by atoms with Crippen LogP contribution in [0.1, 0.15) is 46.8 Å². The van der Waals surface area contributed by atoms with Gasteiger partial charge in [0.15, 0.2) is 0 Å². The second-order valence-electron chi connectivity index (χ2n) is 6.91. The number of amides is 1. The Hall–Kier alpha value is -2.33. The van der Waals surface area contributed by atoms with Gasteiger partial charge in [-0.1, -0.05) is 36.8 Å². The van der Waals surface area contributed by atoms with Crippen molar-refractivity contribution in [3.05, 3.63) is 65.2 Å². The van der Waals surface area contributed by atoms with Gasteiger partial charge in [0, 0.05) is 12.1 Å². The highest BCUT2D eigenvalue weighted by Crippen LogP contribution is 2.26. The molecule has 0 unspecified atom stereocenters. The standard InChI is InChI=1S/C22H28N2O2/c1-17-8-4-5-9-20(17)22(25)23-16-21(24-14-6-3-7-15-24)18-10-12-19(26-2)13-11-18/h4-5,8-13,21H,3,6-7,14-16H2,1-2H3,(H,23,25)/t21-/m0/s1. The minimum Gasteiger partial charge on any atom is -0.497 e. The maximum Gasteiger partial charge on any atom is 0.251 e. The third kappa shape index (κ3) is 4.44. The lowest BCUT2D eigenvalue weighted by atomic mass is 10.0. The number of methoxy groups -OCH3 is 1. The van der Waals surface area contributed by atoms with Crippen LogP contribution in [0, 0.1) is 6.92 Å². The van der Waals surface area contributed by atoms with Crippen molar-refractivity contribution in [3.8, 4) is 5.75 Å². The number of hydrogen-bond donors (Lipinski definition) is 1. The molecule has 2 aromatic rings. The third-order valence-electron chi connectivity index (χ3n) is 5.18. The number of carbonyl (C=O) groups excluding carboxylic acids is 1. The van der Waals surface area contributed by atoms with Crippen LogP contribution in [-0.2, 0) is 0 Å². The van der Waals surface area contributed by atoms with Crippen LogP contribution in [0.2, 0.25) is 0 Å². The predicted molar refractivity (Wildman–Crippen MR) is 105 cm³/mol. The fourth-order valence-corrected chi connectivity index (χ4v) is 3.63. The van der Waals surface area contributed by atoms with E-state index in [1.54, 1.807) is 7.11 Å². The minimum atomic E-state index is -0.00128. The predicted octanol–water partition coefficient (Wildman–Crippen LogP) is 3.96. The van der Waals surface area contributed by atoms with Crippen LogP contribution in [-0.4, -0.2) is 37.6 Å². The van der Waals surface area contributed by atoms with E-state index in [-0.39, 0.29) is 11.9 Å². The molecule has 2 aromatic carbocycles. The number of likely N-dealkylation sites (tertiary alicyclic amines) is 1. The van der Waals surface area contributed by atoms with Crippen LogP contribution in [0.4, 0.5) is 0 Å². The van der Waals surface area contributed by atoms with Gasteiger partial charge in [0.05, 0.1) is 13.2 Å². The smallest absolute Gasteiger partial charge is 0.251 e. The first-order valence-electron chi connectivity index (χ1n) is 9.41. The Balaban J connectivity index is 1.74. The maximum absolute atomic E-state index is 12.6. The average molecular weight is 352 g/mol. The molecule has 26 heavy (non-hydrogen) atoms. The Bertz CT molecular complexity index is 721. The summed E-state index contributed by atoms with van der Waals surface area (Å²) in [5, 5.41) is 3.15. The lowest BCUT2D eigenvalue weighted by molar-refractivity contribution is 0.0924. The van der Waals surface area contributed by atoms with Gasteiger partial charge in [-0.3, -0.25) is 9.69 Å². The molecule has 0 spiro atoms. The molecular weight excluding hydrogens is 324 g/mol. The van der Waals surface area contributed by atoms with Gasteiger partial charge in [-0.2, -0.15) is 0 Å². The molecule has 1 N–H and O–H groups in total. The molecule has 0 saturated carbocycles. The van der Waals surface area contributed by atoms with Gasteiger partial charge in [-0.25, -0.2) is 0 Å². The fourth-order valence-electron chi connectivity index (χ4n) is 3.63. The number of benzene rings is 2. The molecule has 1 saturated heterocycles. The summed E-state index contributed by atoms with van der Waals surface area (Å²) < 4.78 is 5.28. The molecule has 4 nitrogen and oxygen atoms in total. The summed E-state index contributed by atoms with van der Waals surface area (Å²) in [6.07, 6.45) is 3.73. The monoisotopic (exact) mass is 352 g/mol. The first-order valence-corrected chi connectivity index (χ1v) is 9.41. The van der Waals surface area contributed by atoms with E-state index in [9.17, 15) is 4.79 Å². The van der Waals surface area contributed by atoms with Gasteiger partial charge in [-0.15, -0.1) is 0 Å². The minimum absolute atomic E-state index is 0.00128. The van der Waals surface area contributed by atoms with Crippen LogP contribution in [0.5, 0.6) is 5.75 Å². The average Bonchev–Trinajstić information content (AvgIpc) is 2.69. The second-order valence-corrected chi connectivity index (χ2v) is 6.91. The zero-order valence-corrected chi connectivity index (χ0v) is 15.7. The van der Waals surface area contributed by atoms with Gasteiger partial charge < -0.3 is 10.1 Å². The second kappa shape index (κ2) is 8.86. The van der Waals surface area contributed by atoms with Crippen LogP contribution >= 0.6 is 0 Å². The van der Waals surface area contributed by atoms with Crippen LogP contribution < -0.4 is 10.1 Å².